The molecule has 2 aliphatic rings. The molecular formula is C19H19ClN2OS. The van der Waals surface area contributed by atoms with Gasteiger partial charge in [-0.1, -0.05) is 41.9 Å². The second-order valence-electron chi connectivity index (χ2n) is 6.55. The van der Waals surface area contributed by atoms with Crippen molar-refractivity contribution in [3.63, 3.8) is 0 Å². The van der Waals surface area contributed by atoms with E-state index in [9.17, 15) is 0 Å². The van der Waals surface area contributed by atoms with E-state index in [0.29, 0.717) is 0 Å². The highest BCUT2D eigenvalue weighted by Gasteiger charge is 2.47. The van der Waals surface area contributed by atoms with Crippen molar-refractivity contribution in [1.29, 1.82) is 0 Å². The summed E-state index contributed by atoms with van der Waals surface area (Å²) in [6.45, 7) is 2.94. The minimum absolute atomic E-state index is 0.151. The van der Waals surface area contributed by atoms with Gasteiger partial charge in [0.1, 0.15) is 5.75 Å². The Hall–Kier alpha value is -1.78. The van der Waals surface area contributed by atoms with Gasteiger partial charge in [0.25, 0.3) is 0 Å². The zero-order valence-electron chi connectivity index (χ0n) is 13.5. The van der Waals surface area contributed by atoms with Crippen LogP contribution < -0.4 is 10.1 Å². The highest BCUT2D eigenvalue weighted by Crippen LogP contribution is 2.44. The highest BCUT2D eigenvalue weighted by molar-refractivity contribution is 7.80. The molecular weight excluding hydrogens is 340 g/mol. The third-order valence-corrected chi connectivity index (χ3v) is 5.41. The number of nitrogens with one attached hydrogen (secondary N) is 1. The lowest BCUT2D eigenvalue weighted by Gasteiger charge is -2.52. The van der Waals surface area contributed by atoms with Gasteiger partial charge in [-0.05, 0) is 49.3 Å². The lowest BCUT2D eigenvalue weighted by atomic mass is 9.90. The minimum Gasteiger partial charge on any atom is -0.468 e. The van der Waals surface area contributed by atoms with Gasteiger partial charge < -0.3 is 15.0 Å². The summed E-state index contributed by atoms with van der Waals surface area (Å²) in [4.78, 5) is 2.17. The zero-order valence-corrected chi connectivity index (χ0v) is 15.0. The largest absolute Gasteiger partial charge is 0.468 e. The first-order chi connectivity index (χ1) is 11.5. The van der Waals surface area contributed by atoms with Crippen LogP contribution in [0.25, 0.3) is 0 Å². The van der Waals surface area contributed by atoms with Crippen LogP contribution in [0.1, 0.15) is 30.5 Å². The molecule has 0 radical (unpaired) electrons. The minimum atomic E-state index is -0.428. The van der Waals surface area contributed by atoms with E-state index in [-0.39, 0.29) is 6.04 Å². The summed E-state index contributed by atoms with van der Waals surface area (Å²) < 4.78 is 6.36. The summed E-state index contributed by atoms with van der Waals surface area (Å²) in [5.41, 5.74) is 1.96. The Balaban J connectivity index is 1.59. The van der Waals surface area contributed by atoms with Crippen LogP contribution in [-0.2, 0) is 6.42 Å². The number of benzene rings is 2. The molecule has 0 saturated carbocycles. The lowest BCUT2D eigenvalue weighted by Crippen LogP contribution is -2.64. The predicted molar refractivity (Wildman–Crippen MR) is 100 cm³/mol. The summed E-state index contributed by atoms with van der Waals surface area (Å²) in [5, 5.41) is 4.93. The van der Waals surface area contributed by atoms with Crippen molar-refractivity contribution < 1.29 is 4.74 Å². The van der Waals surface area contributed by atoms with Crippen molar-refractivity contribution in [1.82, 2.24) is 10.2 Å². The van der Waals surface area contributed by atoms with Crippen LogP contribution in [0, 0.1) is 0 Å². The Morgan fingerprint density at radius 2 is 2.08 bits per heavy atom. The number of hydrogen-bond donors (Lipinski definition) is 1. The SMILES string of the molecule is C[C@@]12C[C@@H](NC(=S)N1CCc1ccccc1)c1cc(Cl)ccc1O2. The fraction of sp³-hybridized carbons (Fsp3) is 0.316. The van der Waals surface area contributed by atoms with Gasteiger partial charge in [0.15, 0.2) is 10.8 Å². The molecule has 0 aromatic heterocycles. The fourth-order valence-electron chi connectivity index (χ4n) is 3.61. The molecule has 3 nitrogen and oxygen atoms in total. The molecule has 0 unspecified atom stereocenters. The lowest BCUT2D eigenvalue weighted by molar-refractivity contribution is -0.0676. The summed E-state index contributed by atoms with van der Waals surface area (Å²) in [7, 11) is 0. The smallest absolute Gasteiger partial charge is 0.184 e. The quantitative estimate of drug-likeness (QED) is 0.826. The molecule has 0 aliphatic carbocycles. The topological polar surface area (TPSA) is 24.5 Å². The first-order valence-corrected chi connectivity index (χ1v) is 8.94. The number of nitrogens with zero attached hydrogens (tertiary/aromatic N) is 1. The van der Waals surface area contributed by atoms with E-state index in [4.69, 9.17) is 28.6 Å². The van der Waals surface area contributed by atoms with E-state index in [1.165, 1.54) is 5.56 Å². The molecule has 2 aliphatic heterocycles. The van der Waals surface area contributed by atoms with Crippen LogP contribution in [0.5, 0.6) is 5.75 Å². The first-order valence-electron chi connectivity index (χ1n) is 8.16. The molecule has 2 heterocycles. The van der Waals surface area contributed by atoms with E-state index in [1.807, 2.05) is 24.3 Å². The Kier molecular flexibility index (Phi) is 3.89. The van der Waals surface area contributed by atoms with Crippen molar-refractivity contribution in [2.24, 2.45) is 0 Å². The van der Waals surface area contributed by atoms with Gasteiger partial charge in [-0.25, -0.2) is 0 Å². The summed E-state index contributed by atoms with van der Waals surface area (Å²) in [6, 6.07) is 16.4. The maximum Gasteiger partial charge on any atom is 0.184 e. The molecule has 1 N–H and O–H groups in total. The Morgan fingerprint density at radius 1 is 1.29 bits per heavy atom. The fourth-order valence-corrected chi connectivity index (χ4v) is 4.22. The molecule has 0 spiro atoms. The number of thiocarbonyl (C=S) groups is 1. The summed E-state index contributed by atoms with van der Waals surface area (Å²) in [5.74, 6) is 0.887. The average Bonchev–Trinajstić information content (AvgIpc) is 2.56. The molecule has 2 aromatic carbocycles. The van der Waals surface area contributed by atoms with E-state index in [1.54, 1.807) is 0 Å². The Labute approximate surface area is 152 Å². The van der Waals surface area contributed by atoms with Gasteiger partial charge in [0, 0.05) is 23.6 Å². The van der Waals surface area contributed by atoms with Crippen LogP contribution in [0.4, 0.5) is 0 Å². The molecule has 2 aromatic rings. The van der Waals surface area contributed by atoms with Gasteiger partial charge in [-0.3, -0.25) is 0 Å². The molecule has 4 rings (SSSR count). The third kappa shape index (κ3) is 2.74. The van der Waals surface area contributed by atoms with Crippen molar-refractivity contribution in [2.45, 2.75) is 31.5 Å². The van der Waals surface area contributed by atoms with E-state index in [2.05, 4.69) is 41.4 Å². The van der Waals surface area contributed by atoms with Gasteiger partial charge in [0.2, 0.25) is 0 Å². The predicted octanol–water partition coefficient (Wildman–Crippen LogP) is 4.31. The molecule has 2 bridgehead atoms. The van der Waals surface area contributed by atoms with Crippen LogP contribution >= 0.6 is 23.8 Å². The van der Waals surface area contributed by atoms with Gasteiger partial charge >= 0.3 is 0 Å². The normalized spacial score (nSPS) is 24.8. The standard InChI is InChI=1S/C19H19ClN2OS/c1-19-12-16(15-11-14(20)7-8-17(15)23-19)21-18(24)22(19)10-9-13-5-3-2-4-6-13/h2-8,11,16H,9-10,12H2,1H3,(H,21,24)/t16-,19-/m1/s1. The molecule has 124 valence electrons. The zero-order chi connectivity index (χ0) is 16.7. The molecule has 1 fully saturated rings. The van der Waals surface area contributed by atoms with E-state index < -0.39 is 5.72 Å². The van der Waals surface area contributed by atoms with Crippen molar-refractivity contribution >= 4 is 28.9 Å². The first kappa shape index (κ1) is 15.7. The van der Waals surface area contributed by atoms with Crippen molar-refractivity contribution in [3.05, 3.63) is 64.7 Å². The van der Waals surface area contributed by atoms with Gasteiger partial charge in [-0.15, -0.1) is 0 Å². The second kappa shape index (κ2) is 5.94. The third-order valence-electron chi connectivity index (χ3n) is 4.84. The molecule has 1 saturated heterocycles. The average molecular weight is 359 g/mol. The van der Waals surface area contributed by atoms with Gasteiger partial charge in [0.05, 0.1) is 6.04 Å². The summed E-state index contributed by atoms with van der Waals surface area (Å²) >= 11 is 11.8. The maximum atomic E-state index is 6.36. The van der Waals surface area contributed by atoms with Gasteiger partial charge in [-0.2, -0.15) is 0 Å². The Morgan fingerprint density at radius 3 is 2.88 bits per heavy atom. The summed E-state index contributed by atoms with van der Waals surface area (Å²) in [6.07, 6.45) is 1.77. The second-order valence-corrected chi connectivity index (χ2v) is 7.38. The van der Waals surface area contributed by atoms with E-state index in [0.717, 1.165) is 40.8 Å². The highest BCUT2D eigenvalue weighted by atomic mass is 35.5. The molecule has 0 amide bonds. The number of ether oxygens (including phenoxy) is 1. The maximum absolute atomic E-state index is 6.36. The number of rotatable bonds is 3. The molecule has 5 heteroatoms. The van der Waals surface area contributed by atoms with Crippen LogP contribution in [-0.4, -0.2) is 22.3 Å². The Bertz CT molecular complexity index is 782. The number of fused-ring (bicyclic) bond motifs is 4. The van der Waals surface area contributed by atoms with Crippen LogP contribution in [0.3, 0.4) is 0 Å². The van der Waals surface area contributed by atoms with E-state index >= 15 is 0 Å². The number of halogens is 1. The van der Waals surface area contributed by atoms with Crippen molar-refractivity contribution in [2.75, 3.05) is 6.54 Å². The number of hydrogen-bond acceptors (Lipinski definition) is 2. The molecule has 2 atom stereocenters. The monoisotopic (exact) mass is 358 g/mol. The molecule has 24 heavy (non-hydrogen) atoms. The van der Waals surface area contributed by atoms with Crippen LogP contribution in [0.15, 0.2) is 48.5 Å². The van der Waals surface area contributed by atoms with Crippen LogP contribution in [0.2, 0.25) is 5.02 Å². The van der Waals surface area contributed by atoms with Crippen molar-refractivity contribution in [3.8, 4) is 5.75 Å².